The van der Waals surface area contributed by atoms with Crippen molar-refractivity contribution < 1.29 is 4.79 Å². The summed E-state index contributed by atoms with van der Waals surface area (Å²) in [6.07, 6.45) is 0. The van der Waals surface area contributed by atoms with Crippen LogP contribution >= 0.6 is 11.3 Å². The van der Waals surface area contributed by atoms with Crippen LogP contribution in [0.2, 0.25) is 0 Å². The van der Waals surface area contributed by atoms with Crippen LogP contribution in [-0.2, 0) is 4.79 Å². The standard InChI is InChI=1S/C12H14N2OS/c1-8(14-7-12(13)15)11-6-9-4-2-3-5-10(9)16-11/h2-6,8,14H,7H2,1H3,(H2,13,15). The van der Waals surface area contributed by atoms with Crippen LogP contribution in [-0.4, -0.2) is 12.5 Å². The molecule has 0 radical (unpaired) electrons. The third-order valence-corrected chi connectivity index (χ3v) is 3.75. The summed E-state index contributed by atoms with van der Waals surface area (Å²) in [6.45, 7) is 2.25. The van der Waals surface area contributed by atoms with E-state index in [1.54, 1.807) is 11.3 Å². The monoisotopic (exact) mass is 234 g/mol. The van der Waals surface area contributed by atoms with Crippen molar-refractivity contribution in [2.75, 3.05) is 6.54 Å². The highest BCUT2D eigenvalue weighted by molar-refractivity contribution is 7.19. The van der Waals surface area contributed by atoms with Crippen molar-refractivity contribution >= 4 is 27.3 Å². The second-order valence-corrected chi connectivity index (χ2v) is 4.87. The molecule has 1 unspecified atom stereocenters. The first-order valence-corrected chi connectivity index (χ1v) is 5.98. The minimum atomic E-state index is -0.326. The van der Waals surface area contributed by atoms with E-state index >= 15 is 0 Å². The Kier molecular flexibility index (Phi) is 3.22. The minimum Gasteiger partial charge on any atom is -0.369 e. The highest BCUT2D eigenvalue weighted by Gasteiger charge is 2.09. The number of rotatable bonds is 4. The third-order valence-electron chi connectivity index (χ3n) is 2.45. The van der Waals surface area contributed by atoms with Gasteiger partial charge in [0.2, 0.25) is 5.91 Å². The summed E-state index contributed by atoms with van der Waals surface area (Å²) in [5.74, 6) is -0.326. The Bertz CT molecular complexity index is 473. The maximum atomic E-state index is 10.7. The van der Waals surface area contributed by atoms with Crippen LogP contribution in [0.3, 0.4) is 0 Å². The summed E-state index contributed by atoms with van der Waals surface area (Å²) in [5, 5.41) is 4.34. The van der Waals surface area contributed by atoms with E-state index in [4.69, 9.17) is 5.73 Å². The molecule has 0 spiro atoms. The van der Waals surface area contributed by atoms with Gasteiger partial charge in [0, 0.05) is 15.6 Å². The first-order chi connectivity index (χ1) is 7.66. The summed E-state index contributed by atoms with van der Waals surface area (Å²) in [7, 11) is 0. The highest BCUT2D eigenvalue weighted by atomic mass is 32.1. The molecule has 3 nitrogen and oxygen atoms in total. The molecule has 0 saturated heterocycles. The first kappa shape index (κ1) is 11.1. The molecule has 84 valence electrons. The molecule has 1 heterocycles. The van der Waals surface area contributed by atoms with Gasteiger partial charge in [0.15, 0.2) is 0 Å². The number of hydrogen-bond donors (Lipinski definition) is 2. The van der Waals surface area contributed by atoms with Gasteiger partial charge < -0.3 is 11.1 Å². The van der Waals surface area contributed by atoms with Gasteiger partial charge in [-0.3, -0.25) is 4.79 Å². The maximum Gasteiger partial charge on any atom is 0.231 e. The molecule has 0 aliphatic rings. The lowest BCUT2D eigenvalue weighted by molar-refractivity contribution is -0.117. The molecule has 16 heavy (non-hydrogen) atoms. The normalized spacial score (nSPS) is 12.8. The predicted octanol–water partition coefficient (Wildman–Crippen LogP) is 2.04. The van der Waals surface area contributed by atoms with Gasteiger partial charge in [0.05, 0.1) is 6.54 Å². The van der Waals surface area contributed by atoms with Gasteiger partial charge in [0.25, 0.3) is 0 Å². The fourth-order valence-electron chi connectivity index (χ4n) is 1.57. The minimum absolute atomic E-state index is 0.157. The van der Waals surface area contributed by atoms with Crippen molar-refractivity contribution in [1.29, 1.82) is 0 Å². The maximum absolute atomic E-state index is 10.7. The first-order valence-electron chi connectivity index (χ1n) is 5.17. The van der Waals surface area contributed by atoms with E-state index in [2.05, 4.69) is 23.5 Å². The number of primary amides is 1. The molecule has 1 amide bonds. The molecular formula is C12H14N2OS. The van der Waals surface area contributed by atoms with E-state index in [1.807, 2.05) is 19.1 Å². The zero-order valence-corrected chi connectivity index (χ0v) is 9.88. The van der Waals surface area contributed by atoms with Crippen LogP contribution in [0.5, 0.6) is 0 Å². The van der Waals surface area contributed by atoms with Gasteiger partial charge in [-0.15, -0.1) is 11.3 Å². The SMILES string of the molecule is CC(NCC(N)=O)c1cc2ccccc2s1. The fourth-order valence-corrected chi connectivity index (χ4v) is 2.66. The van der Waals surface area contributed by atoms with E-state index in [0.717, 1.165) is 0 Å². The Morgan fingerprint density at radius 1 is 1.50 bits per heavy atom. The predicted molar refractivity (Wildman–Crippen MR) is 67.4 cm³/mol. The molecule has 0 aliphatic carbocycles. The number of amides is 1. The largest absolute Gasteiger partial charge is 0.369 e. The molecule has 2 aromatic rings. The molecule has 3 N–H and O–H groups in total. The number of thiophene rings is 1. The number of benzene rings is 1. The average molecular weight is 234 g/mol. The van der Waals surface area contributed by atoms with E-state index < -0.39 is 0 Å². The summed E-state index contributed by atoms with van der Waals surface area (Å²) < 4.78 is 1.27. The number of hydrogen-bond acceptors (Lipinski definition) is 3. The Hall–Kier alpha value is -1.39. The van der Waals surface area contributed by atoms with Crippen LogP contribution in [0, 0.1) is 0 Å². The molecule has 0 fully saturated rings. The zero-order chi connectivity index (χ0) is 11.5. The van der Waals surface area contributed by atoms with Gasteiger partial charge in [-0.25, -0.2) is 0 Å². The Balaban J connectivity index is 2.16. The number of nitrogens with one attached hydrogen (secondary N) is 1. The van der Waals surface area contributed by atoms with E-state index in [1.165, 1.54) is 15.0 Å². The quantitative estimate of drug-likeness (QED) is 0.850. The summed E-state index contributed by atoms with van der Waals surface area (Å²) in [6, 6.07) is 10.6. The number of fused-ring (bicyclic) bond motifs is 1. The lowest BCUT2D eigenvalue weighted by Crippen LogP contribution is -2.30. The highest BCUT2D eigenvalue weighted by Crippen LogP contribution is 2.29. The number of carbonyl (C=O) groups is 1. The van der Waals surface area contributed by atoms with Crippen molar-refractivity contribution in [2.45, 2.75) is 13.0 Å². The molecule has 1 aromatic carbocycles. The van der Waals surface area contributed by atoms with Crippen molar-refractivity contribution in [3.8, 4) is 0 Å². The number of carbonyl (C=O) groups excluding carboxylic acids is 1. The summed E-state index contributed by atoms with van der Waals surface area (Å²) in [4.78, 5) is 11.9. The van der Waals surface area contributed by atoms with Crippen molar-refractivity contribution in [2.24, 2.45) is 5.73 Å². The van der Waals surface area contributed by atoms with Crippen molar-refractivity contribution in [3.63, 3.8) is 0 Å². The average Bonchev–Trinajstić information content (AvgIpc) is 2.69. The zero-order valence-electron chi connectivity index (χ0n) is 9.07. The number of nitrogens with two attached hydrogens (primary N) is 1. The van der Waals surface area contributed by atoms with Crippen molar-refractivity contribution in [1.82, 2.24) is 5.32 Å². The van der Waals surface area contributed by atoms with Crippen LogP contribution in [0.15, 0.2) is 30.3 Å². The van der Waals surface area contributed by atoms with Gasteiger partial charge >= 0.3 is 0 Å². The second-order valence-electron chi connectivity index (χ2n) is 3.76. The lowest BCUT2D eigenvalue weighted by Gasteiger charge is -2.09. The Morgan fingerprint density at radius 3 is 2.94 bits per heavy atom. The van der Waals surface area contributed by atoms with Gasteiger partial charge in [-0.2, -0.15) is 0 Å². The van der Waals surface area contributed by atoms with E-state index in [0.29, 0.717) is 0 Å². The van der Waals surface area contributed by atoms with Crippen LogP contribution in [0.25, 0.3) is 10.1 Å². The van der Waals surface area contributed by atoms with Gasteiger partial charge in [-0.1, -0.05) is 18.2 Å². The molecule has 4 heteroatoms. The van der Waals surface area contributed by atoms with E-state index in [9.17, 15) is 4.79 Å². The molecular weight excluding hydrogens is 220 g/mol. The topological polar surface area (TPSA) is 55.1 Å². The summed E-state index contributed by atoms with van der Waals surface area (Å²) in [5.41, 5.74) is 5.10. The third kappa shape index (κ3) is 2.40. The second kappa shape index (κ2) is 4.63. The Morgan fingerprint density at radius 2 is 2.25 bits per heavy atom. The van der Waals surface area contributed by atoms with Gasteiger partial charge in [0.1, 0.15) is 0 Å². The summed E-state index contributed by atoms with van der Waals surface area (Å²) >= 11 is 1.74. The van der Waals surface area contributed by atoms with Crippen LogP contribution < -0.4 is 11.1 Å². The van der Waals surface area contributed by atoms with Crippen LogP contribution in [0.1, 0.15) is 17.8 Å². The fraction of sp³-hybridized carbons (Fsp3) is 0.250. The van der Waals surface area contributed by atoms with E-state index in [-0.39, 0.29) is 18.5 Å². The Labute approximate surface area is 98.3 Å². The van der Waals surface area contributed by atoms with Crippen LogP contribution in [0.4, 0.5) is 0 Å². The molecule has 0 aliphatic heterocycles. The lowest BCUT2D eigenvalue weighted by atomic mass is 10.2. The molecule has 0 bridgehead atoms. The van der Waals surface area contributed by atoms with Gasteiger partial charge in [-0.05, 0) is 24.4 Å². The molecule has 1 aromatic heterocycles. The molecule has 1 atom stereocenters. The smallest absolute Gasteiger partial charge is 0.231 e. The van der Waals surface area contributed by atoms with Crippen molar-refractivity contribution in [3.05, 3.63) is 35.2 Å². The molecule has 0 saturated carbocycles. The molecule has 2 rings (SSSR count).